The summed E-state index contributed by atoms with van der Waals surface area (Å²) in [6.45, 7) is 11.0. The Morgan fingerprint density at radius 3 is 2.67 bits per heavy atom. The van der Waals surface area contributed by atoms with E-state index in [1.165, 1.54) is 41.8 Å². The molecule has 0 saturated carbocycles. The molecule has 178 valence electrons. The van der Waals surface area contributed by atoms with Gasteiger partial charge in [-0.05, 0) is 55.8 Å². The van der Waals surface area contributed by atoms with Crippen LogP contribution < -0.4 is 0 Å². The van der Waals surface area contributed by atoms with E-state index in [-0.39, 0.29) is 0 Å². The monoisotopic (exact) mass is 465 g/mol. The summed E-state index contributed by atoms with van der Waals surface area (Å²) >= 11 is 0. The number of ether oxygens (including phenoxy) is 1. The normalized spacial score (nSPS) is 25.9. The van der Waals surface area contributed by atoms with E-state index in [1.807, 2.05) is 17.9 Å². The predicted molar refractivity (Wildman–Crippen MR) is 137 cm³/mol. The van der Waals surface area contributed by atoms with Crippen LogP contribution in [0.1, 0.15) is 37.7 Å². The lowest BCUT2D eigenvalue weighted by Crippen LogP contribution is -2.44. The van der Waals surface area contributed by atoms with Crippen molar-refractivity contribution in [3.63, 3.8) is 0 Å². The fourth-order valence-electron chi connectivity index (χ4n) is 5.99. The molecule has 0 aromatic carbocycles. The van der Waals surface area contributed by atoms with Crippen molar-refractivity contribution in [2.45, 2.75) is 76.6 Å². The molecule has 7 heteroatoms. The summed E-state index contributed by atoms with van der Waals surface area (Å²) in [7, 11) is 3.19. The standard InChI is InChI=1S/C26H39N5OSi/c1-18-22(12-21-7-8-25(18)30(21)3)19-11-23-24(20-14-28-29(2)15-20)16-31(26(23)27-13-19)17-32-9-10-33(4,5)6/h11,13-16,18,21-22,25H,7-10,12,17H2,1-6H3. The molecule has 2 saturated heterocycles. The number of hydrogen-bond donors (Lipinski definition) is 0. The highest BCUT2D eigenvalue weighted by atomic mass is 28.3. The van der Waals surface area contributed by atoms with Gasteiger partial charge in [-0.1, -0.05) is 26.6 Å². The molecule has 3 aromatic heterocycles. The Hall–Kier alpha value is -1.96. The number of piperidine rings is 1. The first kappa shape index (κ1) is 22.8. The van der Waals surface area contributed by atoms with Gasteiger partial charge in [-0.2, -0.15) is 5.10 Å². The minimum absolute atomic E-state index is 0.544. The van der Waals surface area contributed by atoms with Gasteiger partial charge < -0.3 is 14.2 Å². The van der Waals surface area contributed by atoms with Gasteiger partial charge in [0.1, 0.15) is 12.4 Å². The highest BCUT2D eigenvalue weighted by Crippen LogP contribution is 2.46. The lowest BCUT2D eigenvalue weighted by Gasteiger charge is -2.41. The van der Waals surface area contributed by atoms with E-state index in [9.17, 15) is 0 Å². The minimum atomic E-state index is -1.10. The number of pyridine rings is 1. The molecule has 2 aliphatic heterocycles. The maximum atomic E-state index is 6.10. The number of nitrogens with zero attached hydrogens (tertiary/aromatic N) is 5. The van der Waals surface area contributed by atoms with Crippen molar-refractivity contribution in [3.05, 3.63) is 36.4 Å². The Morgan fingerprint density at radius 1 is 1.12 bits per heavy atom. The van der Waals surface area contributed by atoms with Crippen LogP contribution in [0.25, 0.3) is 22.2 Å². The minimum Gasteiger partial charge on any atom is -0.361 e. The summed E-state index contributed by atoms with van der Waals surface area (Å²) in [5, 5.41) is 5.64. The smallest absolute Gasteiger partial charge is 0.142 e. The fraction of sp³-hybridized carbons (Fsp3) is 0.615. The van der Waals surface area contributed by atoms with Crippen LogP contribution in [0.4, 0.5) is 0 Å². The second-order valence-electron chi connectivity index (χ2n) is 11.6. The van der Waals surface area contributed by atoms with Crippen LogP contribution in [-0.4, -0.2) is 58.0 Å². The largest absolute Gasteiger partial charge is 0.361 e. The predicted octanol–water partition coefficient (Wildman–Crippen LogP) is 5.34. The highest BCUT2D eigenvalue weighted by Gasteiger charge is 2.43. The number of aryl methyl sites for hydroxylation is 1. The van der Waals surface area contributed by atoms with Crippen molar-refractivity contribution in [2.75, 3.05) is 13.7 Å². The second-order valence-corrected chi connectivity index (χ2v) is 17.2. The molecule has 0 aliphatic carbocycles. The van der Waals surface area contributed by atoms with E-state index in [4.69, 9.17) is 9.72 Å². The summed E-state index contributed by atoms with van der Waals surface area (Å²) < 4.78 is 10.1. The van der Waals surface area contributed by atoms with Crippen LogP contribution in [0.2, 0.25) is 25.7 Å². The van der Waals surface area contributed by atoms with Gasteiger partial charge in [-0.25, -0.2) is 4.98 Å². The molecule has 2 fully saturated rings. The molecule has 33 heavy (non-hydrogen) atoms. The van der Waals surface area contributed by atoms with Gasteiger partial charge in [0.2, 0.25) is 0 Å². The first-order valence-electron chi connectivity index (χ1n) is 12.5. The second kappa shape index (κ2) is 8.67. The Morgan fingerprint density at radius 2 is 1.94 bits per heavy atom. The molecular formula is C26H39N5OSi. The average Bonchev–Trinajstić information content (AvgIpc) is 3.41. The number of hydrogen-bond acceptors (Lipinski definition) is 4. The summed E-state index contributed by atoms with van der Waals surface area (Å²) in [6.07, 6.45) is 12.3. The molecule has 0 radical (unpaired) electrons. The molecule has 6 nitrogen and oxygen atoms in total. The summed E-state index contributed by atoms with van der Waals surface area (Å²) in [6, 6.07) is 5.01. The Kier molecular flexibility index (Phi) is 6.00. The molecule has 0 amide bonds. The van der Waals surface area contributed by atoms with E-state index < -0.39 is 8.07 Å². The molecule has 2 bridgehead atoms. The van der Waals surface area contributed by atoms with Crippen molar-refractivity contribution in [1.82, 2.24) is 24.2 Å². The molecule has 5 heterocycles. The van der Waals surface area contributed by atoms with Crippen molar-refractivity contribution < 1.29 is 4.74 Å². The van der Waals surface area contributed by atoms with Gasteiger partial charge in [0.15, 0.2) is 0 Å². The van der Waals surface area contributed by atoms with Crippen LogP contribution >= 0.6 is 0 Å². The number of fused-ring (bicyclic) bond motifs is 3. The van der Waals surface area contributed by atoms with Gasteiger partial charge in [0, 0.05) is 68.9 Å². The highest BCUT2D eigenvalue weighted by molar-refractivity contribution is 6.76. The summed E-state index contributed by atoms with van der Waals surface area (Å²) in [5.41, 5.74) is 4.74. The Labute approximate surface area is 198 Å². The van der Waals surface area contributed by atoms with E-state index >= 15 is 0 Å². The van der Waals surface area contributed by atoms with E-state index in [0.29, 0.717) is 30.7 Å². The maximum absolute atomic E-state index is 6.10. The van der Waals surface area contributed by atoms with Gasteiger partial charge in [0.05, 0.1) is 6.20 Å². The third-order valence-electron chi connectivity index (χ3n) is 8.07. The zero-order valence-electron chi connectivity index (χ0n) is 21.1. The van der Waals surface area contributed by atoms with Crippen molar-refractivity contribution >= 4 is 19.1 Å². The Bertz CT molecular complexity index is 1130. The van der Waals surface area contributed by atoms with E-state index in [2.05, 4.69) is 72.8 Å². The molecule has 0 spiro atoms. The van der Waals surface area contributed by atoms with Crippen LogP contribution in [0, 0.1) is 5.92 Å². The molecule has 3 aromatic rings. The molecule has 0 N–H and O–H groups in total. The SMILES string of the molecule is CC1C(c2cnc3c(c2)c(-c2cnn(C)c2)cn3COCC[Si](C)(C)C)CC2CCC1N2C. The molecule has 5 rings (SSSR count). The lowest BCUT2D eigenvalue weighted by atomic mass is 9.77. The van der Waals surface area contributed by atoms with E-state index in [1.54, 1.807) is 0 Å². The molecule has 4 atom stereocenters. The zero-order valence-corrected chi connectivity index (χ0v) is 22.1. The molecule has 2 aliphatic rings. The van der Waals surface area contributed by atoms with Crippen LogP contribution in [-0.2, 0) is 18.5 Å². The van der Waals surface area contributed by atoms with E-state index in [0.717, 1.165) is 17.8 Å². The number of aromatic nitrogens is 4. The summed E-state index contributed by atoms with van der Waals surface area (Å²) in [5.74, 6) is 1.23. The third kappa shape index (κ3) is 4.43. The maximum Gasteiger partial charge on any atom is 0.142 e. The molecule has 4 unspecified atom stereocenters. The van der Waals surface area contributed by atoms with Crippen molar-refractivity contribution in [2.24, 2.45) is 13.0 Å². The van der Waals surface area contributed by atoms with Crippen LogP contribution in [0.5, 0.6) is 0 Å². The van der Waals surface area contributed by atoms with Crippen molar-refractivity contribution in [1.29, 1.82) is 0 Å². The van der Waals surface area contributed by atoms with Crippen LogP contribution in [0.15, 0.2) is 30.9 Å². The summed E-state index contributed by atoms with van der Waals surface area (Å²) in [4.78, 5) is 7.64. The lowest BCUT2D eigenvalue weighted by molar-refractivity contribution is 0.0899. The quantitative estimate of drug-likeness (QED) is 0.349. The first-order chi connectivity index (χ1) is 15.7. The fourth-order valence-corrected chi connectivity index (χ4v) is 6.75. The zero-order chi connectivity index (χ0) is 23.3. The average molecular weight is 466 g/mol. The third-order valence-corrected chi connectivity index (χ3v) is 9.77. The number of rotatable bonds is 7. The van der Waals surface area contributed by atoms with Gasteiger partial charge in [0.25, 0.3) is 0 Å². The van der Waals surface area contributed by atoms with Gasteiger partial charge in [-0.3, -0.25) is 4.68 Å². The first-order valence-corrected chi connectivity index (χ1v) is 16.2. The Balaban J connectivity index is 1.48. The molecular weight excluding hydrogens is 426 g/mol. The topological polar surface area (TPSA) is 48.1 Å². The van der Waals surface area contributed by atoms with Crippen LogP contribution in [0.3, 0.4) is 0 Å². The van der Waals surface area contributed by atoms with Gasteiger partial charge in [-0.15, -0.1) is 0 Å². The van der Waals surface area contributed by atoms with Crippen molar-refractivity contribution in [3.8, 4) is 11.1 Å². The van der Waals surface area contributed by atoms with Gasteiger partial charge >= 0.3 is 0 Å².